The van der Waals surface area contributed by atoms with Crippen LogP contribution in [0.5, 0.6) is 0 Å². The van der Waals surface area contributed by atoms with Gasteiger partial charge in [-0.3, -0.25) is 4.98 Å². The third kappa shape index (κ3) is 3.95. The van der Waals surface area contributed by atoms with Gasteiger partial charge in [0.05, 0.1) is 12.7 Å². The average molecular weight is 251 g/mol. The third-order valence-corrected chi connectivity index (χ3v) is 2.22. The fraction of sp³-hybridized carbons (Fsp3) is 0.500. The second-order valence-corrected chi connectivity index (χ2v) is 3.29. The van der Waals surface area contributed by atoms with Crippen molar-refractivity contribution in [2.24, 2.45) is 0 Å². The van der Waals surface area contributed by atoms with Crippen LogP contribution in [0.3, 0.4) is 0 Å². The number of aryl methyl sites for hydroxylation is 1. The highest BCUT2D eigenvalue weighted by Gasteiger charge is 2.15. The number of hydrogen-bond acceptors (Lipinski definition) is 3. The molecule has 0 saturated carbocycles. The lowest BCUT2D eigenvalue weighted by Gasteiger charge is -2.23. The predicted octanol–water partition coefficient (Wildman–Crippen LogP) is 1.89. The van der Waals surface area contributed by atoms with Crippen molar-refractivity contribution in [1.82, 2.24) is 10.3 Å². The Morgan fingerprint density at radius 2 is 2.27 bits per heavy atom. The summed E-state index contributed by atoms with van der Waals surface area (Å²) >= 11 is 0. The molecule has 1 aliphatic heterocycles. The number of aromatic nitrogens is 1. The first-order chi connectivity index (χ1) is 6.36. The van der Waals surface area contributed by atoms with Gasteiger partial charge < -0.3 is 10.1 Å². The second-order valence-electron chi connectivity index (χ2n) is 3.29. The summed E-state index contributed by atoms with van der Waals surface area (Å²) in [6, 6.07) is 4.10. The van der Waals surface area contributed by atoms with Crippen molar-refractivity contribution in [3.63, 3.8) is 0 Å². The molecule has 1 unspecified atom stereocenters. The molecule has 0 aliphatic carbocycles. The number of pyridine rings is 1. The van der Waals surface area contributed by atoms with E-state index in [2.05, 4.69) is 16.4 Å². The fourth-order valence-corrected chi connectivity index (χ4v) is 1.55. The molecule has 15 heavy (non-hydrogen) atoms. The van der Waals surface area contributed by atoms with Crippen molar-refractivity contribution >= 4 is 24.8 Å². The molecule has 1 aliphatic rings. The number of halogens is 2. The summed E-state index contributed by atoms with van der Waals surface area (Å²) in [5, 5.41) is 3.31. The number of hydrogen-bond donors (Lipinski definition) is 1. The van der Waals surface area contributed by atoms with Crippen molar-refractivity contribution in [1.29, 1.82) is 0 Å². The fourth-order valence-electron chi connectivity index (χ4n) is 1.55. The van der Waals surface area contributed by atoms with Gasteiger partial charge >= 0.3 is 0 Å². The highest BCUT2D eigenvalue weighted by molar-refractivity contribution is 5.85. The molecule has 1 fully saturated rings. The Labute approximate surface area is 102 Å². The SMILES string of the molecule is Cc1cc(C2CNCCO2)ccn1.Cl.Cl. The van der Waals surface area contributed by atoms with Gasteiger partial charge in [-0.25, -0.2) is 0 Å². The number of rotatable bonds is 1. The van der Waals surface area contributed by atoms with E-state index in [4.69, 9.17) is 4.74 Å². The molecule has 0 radical (unpaired) electrons. The van der Waals surface area contributed by atoms with Gasteiger partial charge in [0.2, 0.25) is 0 Å². The zero-order valence-corrected chi connectivity index (χ0v) is 10.2. The summed E-state index contributed by atoms with van der Waals surface area (Å²) in [7, 11) is 0. The highest BCUT2D eigenvalue weighted by Crippen LogP contribution is 2.18. The summed E-state index contributed by atoms with van der Waals surface area (Å²) in [4.78, 5) is 4.16. The predicted molar refractivity (Wildman–Crippen MR) is 65.0 cm³/mol. The lowest BCUT2D eigenvalue weighted by atomic mass is 10.1. The molecule has 1 saturated heterocycles. The van der Waals surface area contributed by atoms with Gasteiger partial charge in [-0.1, -0.05) is 0 Å². The zero-order valence-electron chi connectivity index (χ0n) is 8.60. The van der Waals surface area contributed by atoms with Gasteiger partial charge in [-0.2, -0.15) is 0 Å². The van der Waals surface area contributed by atoms with E-state index in [1.807, 2.05) is 19.2 Å². The lowest BCUT2D eigenvalue weighted by Crippen LogP contribution is -2.33. The van der Waals surface area contributed by atoms with Gasteiger partial charge in [0.15, 0.2) is 0 Å². The molecular formula is C10H16Cl2N2O. The second kappa shape index (κ2) is 7.01. The van der Waals surface area contributed by atoms with Crippen LogP contribution in [-0.2, 0) is 4.74 Å². The Kier molecular flexibility index (Phi) is 6.85. The molecule has 1 atom stereocenters. The van der Waals surface area contributed by atoms with Crippen molar-refractivity contribution in [3.05, 3.63) is 29.6 Å². The first-order valence-electron chi connectivity index (χ1n) is 4.61. The molecule has 1 aromatic heterocycles. The minimum atomic E-state index is 0. The normalized spacial score (nSPS) is 19.9. The molecule has 1 aromatic rings. The van der Waals surface area contributed by atoms with Crippen molar-refractivity contribution < 1.29 is 4.74 Å². The smallest absolute Gasteiger partial charge is 0.0951 e. The van der Waals surface area contributed by atoms with Crippen LogP contribution in [0.25, 0.3) is 0 Å². The van der Waals surface area contributed by atoms with E-state index < -0.39 is 0 Å². The largest absolute Gasteiger partial charge is 0.371 e. The van der Waals surface area contributed by atoms with E-state index in [0.717, 1.165) is 25.4 Å². The first-order valence-corrected chi connectivity index (χ1v) is 4.61. The monoisotopic (exact) mass is 250 g/mol. The maximum absolute atomic E-state index is 5.63. The van der Waals surface area contributed by atoms with E-state index >= 15 is 0 Å². The maximum Gasteiger partial charge on any atom is 0.0951 e. The molecule has 2 rings (SSSR count). The Balaban J connectivity index is 0.000000980. The molecule has 1 N–H and O–H groups in total. The Bertz CT molecular complexity index is 291. The van der Waals surface area contributed by atoms with E-state index in [0.29, 0.717) is 0 Å². The molecule has 5 heteroatoms. The van der Waals surface area contributed by atoms with Crippen LogP contribution in [-0.4, -0.2) is 24.7 Å². The number of ether oxygens (including phenoxy) is 1. The van der Waals surface area contributed by atoms with Crippen LogP contribution in [0.1, 0.15) is 17.4 Å². The van der Waals surface area contributed by atoms with Crippen LogP contribution < -0.4 is 5.32 Å². The molecule has 0 aromatic carbocycles. The van der Waals surface area contributed by atoms with Gasteiger partial charge in [0.1, 0.15) is 0 Å². The van der Waals surface area contributed by atoms with E-state index in [1.54, 1.807) is 0 Å². The quantitative estimate of drug-likeness (QED) is 0.827. The van der Waals surface area contributed by atoms with Gasteiger partial charge in [-0.05, 0) is 24.6 Å². The van der Waals surface area contributed by atoms with Crippen LogP contribution in [0, 0.1) is 6.92 Å². The van der Waals surface area contributed by atoms with Crippen LogP contribution in [0.2, 0.25) is 0 Å². The van der Waals surface area contributed by atoms with Gasteiger partial charge in [0.25, 0.3) is 0 Å². The summed E-state index contributed by atoms with van der Waals surface area (Å²) in [5.41, 5.74) is 2.27. The van der Waals surface area contributed by atoms with Gasteiger partial charge in [-0.15, -0.1) is 24.8 Å². The van der Waals surface area contributed by atoms with E-state index in [9.17, 15) is 0 Å². The van der Waals surface area contributed by atoms with Crippen molar-refractivity contribution in [3.8, 4) is 0 Å². The third-order valence-electron chi connectivity index (χ3n) is 2.22. The Hall–Kier alpha value is -0.350. The average Bonchev–Trinajstić information content (AvgIpc) is 2.19. The standard InChI is InChI=1S/C10H14N2O.2ClH/c1-8-6-9(2-3-12-8)10-7-11-4-5-13-10;;/h2-3,6,10-11H,4-5,7H2,1H3;2*1H. The van der Waals surface area contributed by atoms with Crippen LogP contribution >= 0.6 is 24.8 Å². The maximum atomic E-state index is 5.63. The summed E-state index contributed by atoms with van der Waals surface area (Å²) in [5.74, 6) is 0. The topological polar surface area (TPSA) is 34.1 Å². The molecule has 2 heterocycles. The molecule has 86 valence electrons. The van der Waals surface area contributed by atoms with E-state index in [-0.39, 0.29) is 30.9 Å². The number of nitrogens with one attached hydrogen (secondary N) is 1. The van der Waals surface area contributed by atoms with Crippen molar-refractivity contribution in [2.45, 2.75) is 13.0 Å². The molecular weight excluding hydrogens is 235 g/mol. The minimum absolute atomic E-state index is 0. The van der Waals surface area contributed by atoms with Crippen LogP contribution in [0.15, 0.2) is 18.3 Å². The van der Waals surface area contributed by atoms with Gasteiger partial charge in [0, 0.05) is 25.0 Å². The molecule has 0 bridgehead atoms. The lowest BCUT2D eigenvalue weighted by molar-refractivity contribution is 0.0276. The summed E-state index contributed by atoms with van der Waals surface area (Å²) in [6.07, 6.45) is 2.04. The molecule has 0 spiro atoms. The van der Waals surface area contributed by atoms with Crippen LogP contribution in [0.4, 0.5) is 0 Å². The number of morpholine rings is 1. The highest BCUT2D eigenvalue weighted by atomic mass is 35.5. The van der Waals surface area contributed by atoms with E-state index in [1.165, 1.54) is 5.56 Å². The Morgan fingerprint density at radius 1 is 1.47 bits per heavy atom. The first kappa shape index (κ1) is 14.6. The zero-order chi connectivity index (χ0) is 9.10. The van der Waals surface area contributed by atoms with Crippen molar-refractivity contribution in [2.75, 3.05) is 19.7 Å². The molecule has 0 amide bonds. The summed E-state index contributed by atoms with van der Waals surface area (Å²) < 4.78 is 5.63. The minimum Gasteiger partial charge on any atom is -0.371 e. The number of nitrogens with zero attached hydrogens (tertiary/aromatic N) is 1. The summed E-state index contributed by atoms with van der Waals surface area (Å²) in [6.45, 7) is 4.66. The molecule has 3 nitrogen and oxygen atoms in total. The Morgan fingerprint density at radius 3 is 2.87 bits per heavy atom.